The third kappa shape index (κ3) is 3.80. The quantitative estimate of drug-likeness (QED) is 0.385. The van der Waals surface area contributed by atoms with E-state index in [9.17, 15) is 18.4 Å². The normalized spacial score (nSPS) is 22.6. The maximum absolute atomic E-state index is 13.9. The fourth-order valence-electron chi connectivity index (χ4n) is 5.57. The second-order valence-electron chi connectivity index (χ2n) is 10.1. The Morgan fingerprint density at radius 1 is 1.19 bits per heavy atom. The van der Waals surface area contributed by atoms with E-state index in [1.165, 1.54) is 0 Å². The molecular formula is C28H26F2N4O3. The molecule has 1 saturated carbocycles. The van der Waals surface area contributed by atoms with Crippen LogP contribution in [0.3, 0.4) is 0 Å². The Bertz CT molecular complexity index is 1600. The molecule has 9 heteroatoms. The summed E-state index contributed by atoms with van der Waals surface area (Å²) in [4.78, 5) is 30.0. The molecule has 2 atom stereocenters. The average Bonchev–Trinajstić information content (AvgIpc) is 3.20. The number of benzene rings is 2. The van der Waals surface area contributed by atoms with Crippen molar-refractivity contribution in [2.24, 2.45) is 5.92 Å². The molecule has 4 aromatic rings. The molecule has 1 fully saturated rings. The molecule has 0 bridgehead atoms. The molecule has 2 aliphatic carbocycles. The molecule has 2 aliphatic rings. The first kappa shape index (κ1) is 23.4. The van der Waals surface area contributed by atoms with Crippen LogP contribution in [0.4, 0.5) is 14.5 Å². The van der Waals surface area contributed by atoms with E-state index in [4.69, 9.17) is 4.52 Å². The number of aromatic nitrogens is 3. The fourth-order valence-corrected chi connectivity index (χ4v) is 5.57. The van der Waals surface area contributed by atoms with Crippen molar-refractivity contribution in [2.75, 3.05) is 11.9 Å². The van der Waals surface area contributed by atoms with Gasteiger partial charge in [-0.2, -0.15) is 0 Å². The Labute approximate surface area is 211 Å². The van der Waals surface area contributed by atoms with E-state index in [0.717, 1.165) is 27.7 Å². The van der Waals surface area contributed by atoms with Gasteiger partial charge < -0.3 is 9.47 Å². The van der Waals surface area contributed by atoms with Gasteiger partial charge >= 0.3 is 5.76 Å². The highest BCUT2D eigenvalue weighted by Gasteiger charge is 2.59. The third-order valence-corrected chi connectivity index (χ3v) is 7.77. The van der Waals surface area contributed by atoms with Crippen molar-refractivity contribution < 1.29 is 18.1 Å². The SMILES string of the molecule is C[C@H]1C[C@]1(c1noc(=O)[nH]1)n1c(C(=O)N(C)c2ccccc2)cc2cc(C3=CCC(F)(F)CC3)ccc21. The second kappa shape index (κ2) is 8.26. The molecule has 0 aliphatic heterocycles. The van der Waals surface area contributed by atoms with E-state index in [2.05, 4.69) is 10.1 Å². The first-order valence-corrected chi connectivity index (χ1v) is 12.3. The van der Waals surface area contributed by atoms with E-state index in [1.54, 1.807) is 18.0 Å². The Balaban J connectivity index is 1.52. The first-order chi connectivity index (χ1) is 17.7. The van der Waals surface area contributed by atoms with Crippen LogP contribution in [0.25, 0.3) is 16.5 Å². The van der Waals surface area contributed by atoms with Crippen LogP contribution in [0.1, 0.15) is 54.5 Å². The third-order valence-electron chi connectivity index (χ3n) is 7.77. The monoisotopic (exact) mass is 504 g/mol. The number of aromatic amines is 1. The highest BCUT2D eigenvalue weighted by molar-refractivity contribution is 6.08. The van der Waals surface area contributed by atoms with Crippen LogP contribution in [-0.4, -0.2) is 33.6 Å². The van der Waals surface area contributed by atoms with Gasteiger partial charge in [-0.15, -0.1) is 0 Å². The number of amides is 1. The van der Waals surface area contributed by atoms with Crippen LogP contribution in [0.15, 0.2) is 70.0 Å². The topological polar surface area (TPSA) is 84.1 Å². The largest absolute Gasteiger partial charge is 0.438 e. The molecule has 0 spiro atoms. The van der Waals surface area contributed by atoms with Gasteiger partial charge in [0.05, 0.1) is 0 Å². The van der Waals surface area contributed by atoms with Crippen LogP contribution >= 0.6 is 0 Å². The Morgan fingerprint density at radius 3 is 2.57 bits per heavy atom. The number of rotatable bonds is 5. The van der Waals surface area contributed by atoms with E-state index in [-0.39, 0.29) is 24.7 Å². The molecule has 190 valence electrons. The number of carbonyl (C=O) groups is 1. The second-order valence-corrected chi connectivity index (χ2v) is 10.1. The lowest BCUT2D eigenvalue weighted by Gasteiger charge is -2.24. The molecule has 2 aromatic heterocycles. The number of anilines is 1. The molecule has 0 saturated heterocycles. The van der Waals surface area contributed by atoms with Crippen molar-refractivity contribution in [3.05, 3.63) is 88.3 Å². The number of para-hydroxylation sites is 1. The molecule has 2 heterocycles. The zero-order valence-electron chi connectivity index (χ0n) is 20.5. The van der Waals surface area contributed by atoms with Gasteiger partial charge in [-0.05, 0) is 60.2 Å². The lowest BCUT2D eigenvalue weighted by Crippen LogP contribution is -2.33. The standard InChI is InChI=1S/C28H26F2N4O3/c1-17-16-28(17,25-31-26(36)37-32-25)34-22-9-8-19(18-10-12-27(29,30)13-11-18)14-20(22)15-23(34)24(35)33(2)21-6-4-3-5-7-21/h3-10,14-15,17H,11-13,16H2,1-2H3,(H,31,32,36)/t17-,28-/m0/s1. The Morgan fingerprint density at radius 2 is 1.95 bits per heavy atom. The molecule has 2 aromatic carbocycles. The van der Waals surface area contributed by atoms with Crippen molar-refractivity contribution in [1.29, 1.82) is 0 Å². The number of carbonyl (C=O) groups excluding carboxylic acids is 1. The van der Waals surface area contributed by atoms with Gasteiger partial charge in [0.25, 0.3) is 11.8 Å². The van der Waals surface area contributed by atoms with Crippen molar-refractivity contribution in [1.82, 2.24) is 14.7 Å². The number of nitrogens with zero attached hydrogens (tertiary/aromatic N) is 3. The summed E-state index contributed by atoms with van der Waals surface area (Å²) in [6, 6.07) is 17.0. The summed E-state index contributed by atoms with van der Waals surface area (Å²) in [6.07, 6.45) is 2.12. The van der Waals surface area contributed by atoms with Gasteiger partial charge in [-0.3, -0.25) is 14.3 Å². The van der Waals surface area contributed by atoms with Crippen LogP contribution in [0, 0.1) is 5.92 Å². The van der Waals surface area contributed by atoms with Gasteiger partial charge in [0.15, 0.2) is 5.82 Å². The van der Waals surface area contributed by atoms with Gasteiger partial charge in [-0.1, -0.05) is 42.4 Å². The number of allylic oxidation sites excluding steroid dienone is 2. The number of H-pyrrole nitrogens is 1. The van der Waals surface area contributed by atoms with Crippen molar-refractivity contribution >= 4 is 28.1 Å². The van der Waals surface area contributed by atoms with Crippen LogP contribution < -0.4 is 10.7 Å². The fraction of sp³-hybridized carbons (Fsp3) is 0.321. The first-order valence-electron chi connectivity index (χ1n) is 12.3. The van der Waals surface area contributed by atoms with Gasteiger partial charge in [-0.25, -0.2) is 13.6 Å². The van der Waals surface area contributed by atoms with Crippen molar-refractivity contribution in [2.45, 2.75) is 44.1 Å². The van der Waals surface area contributed by atoms with Crippen LogP contribution in [0.2, 0.25) is 0 Å². The lowest BCUT2D eigenvalue weighted by molar-refractivity contribution is -0.00603. The molecular weight excluding hydrogens is 478 g/mol. The van der Waals surface area contributed by atoms with Gasteiger partial charge in [0.2, 0.25) is 0 Å². The zero-order chi connectivity index (χ0) is 25.9. The summed E-state index contributed by atoms with van der Waals surface area (Å²) in [5.74, 6) is -3.07. The predicted octanol–water partition coefficient (Wildman–Crippen LogP) is 5.58. The summed E-state index contributed by atoms with van der Waals surface area (Å²) < 4.78 is 34.2. The Hall–Kier alpha value is -4.01. The molecule has 37 heavy (non-hydrogen) atoms. The summed E-state index contributed by atoms with van der Waals surface area (Å²) in [5, 5.41) is 4.81. The summed E-state index contributed by atoms with van der Waals surface area (Å²) >= 11 is 0. The van der Waals surface area contributed by atoms with E-state index in [0.29, 0.717) is 24.4 Å². The maximum atomic E-state index is 13.9. The summed E-state index contributed by atoms with van der Waals surface area (Å²) in [6.45, 7) is 2.04. The van der Waals surface area contributed by atoms with Gasteiger partial charge in [0.1, 0.15) is 11.2 Å². The molecule has 7 nitrogen and oxygen atoms in total. The number of halogens is 2. The molecule has 1 amide bonds. The van der Waals surface area contributed by atoms with E-state index in [1.807, 2.05) is 66.1 Å². The smallest absolute Gasteiger partial charge is 0.323 e. The predicted molar refractivity (Wildman–Crippen MR) is 136 cm³/mol. The minimum absolute atomic E-state index is 0.0837. The number of hydrogen-bond acceptors (Lipinski definition) is 4. The minimum atomic E-state index is -2.67. The molecule has 0 radical (unpaired) electrons. The minimum Gasteiger partial charge on any atom is -0.323 e. The van der Waals surface area contributed by atoms with Crippen LogP contribution in [-0.2, 0) is 5.54 Å². The van der Waals surface area contributed by atoms with E-state index < -0.39 is 17.2 Å². The molecule has 1 N–H and O–H groups in total. The molecule has 0 unspecified atom stereocenters. The van der Waals surface area contributed by atoms with E-state index >= 15 is 0 Å². The molecule has 6 rings (SSSR count). The number of hydrogen-bond donors (Lipinski definition) is 1. The highest BCUT2D eigenvalue weighted by Crippen LogP contribution is 2.56. The summed E-state index contributed by atoms with van der Waals surface area (Å²) in [7, 11) is 1.72. The van der Waals surface area contributed by atoms with Gasteiger partial charge in [0, 0.05) is 36.5 Å². The van der Waals surface area contributed by atoms with Crippen molar-refractivity contribution in [3.63, 3.8) is 0 Å². The highest BCUT2D eigenvalue weighted by atomic mass is 19.3. The van der Waals surface area contributed by atoms with Crippen molar-refractivity contribution in [3.8, 4) is 0 Å². The number of nitrogens with one attached hydrogen (secondary N) is 1. The lowest BCUT2D eigenvalue weighted by atomic mass is 9.91. The average molecular weight is 505 g/mol. The maximum Gasteiger partial charge on any atom is 0.438 e. The zero-order valence-corrected chi connectivity index (χ0v) is 20.5. The summed E-state index contributed by atoms with van der Waals surface area (Å²) in [5.41, 5.74) is 2.98. The number of alkyl halides is 2. The number of fused-ring (bicyclic) bond motifs is 1. The van der Waals surface area contributed by atoms with Crippen LogP contribution in [0.5, 0.6) is 0 Å². The Kier molecular flexibility index (Phi) is 5.22.